The summed E-state index contributed by atoms with van der Waals surface area (Å²) in [5, 5.41) is 24.2. The maximum absolute atomic E-state index is 9.77. The molecular formula is C13H23NO3S. The van der Waals surface area contributed by atoms with Gasteiger partial charge >= 0.3 is 0 Å². The van der Waals surface area contributed by atoms with Crippen LogP contribution in [0, 0.1) is 0 Å². The van der Waals surface area contributed by atoms with Crippen molar-refractivity contribution in [2.24, 2.45) is 0 Å². The molecule has 0 spiro atoms. The van der Waals surface area contributed by atoms with E-state index in [1.54, 1.807) is 11.3 Å². The molecule has 2 atom stereocenters. The second kappa shape index (κ2) is 7.86. The van der Waals surface area contributed by atoms with Crippen LogP contribution in [0.3, 0.4) is 0 Å². The van der Waals surface area contributed by atoms with Gasteiger partial charge in [-0.2, -0.15) is 0 Å². The fourth-order valence-electron chi connectivity index (χ4n) is 1.41. The molecule has 0 saturated carbocycles. The van der Waals surface area contributed by atoms with E-state index in [9.17, 15) is 10.2 Å². The van der Waals surface area contributed by atoms with Crippen molar-refractivity contribution in [3.63, 3.8) is 0 Å². The van der Waals surface area contributed by atoms with Gasteiger partial charge in [0.1, 0.15) is 0 Å². The Kier molecular flexibility index (Phi) is 6.81. The standard InChI is InChI=1S/C13H23NO3S/c1-3-13(2,10-15)14-7-11(16)8-17-9-12-5-4-6-18-12/h4-6,11,14-16H,3,7-10H2,1-2H3. The predicted molar refractivity (Wildman–Crippen MR) is 73.8 cm³/mol. The third kappa shape index (κ3) is 5.46. The molecule has 5 heteroatoms. The molecule has 1 rings (SSSR count). The van der Waals surface area contributed by atoms with E-state index >= 15 is 0 Å². The fraction of sp³-hybridized carbons (Fsp3) is 0.692. The Morgan fingerprint density at radius 2 is 2.33 bits per heavy atom. The molecular weight excluding hydrogens is 250 g/mol. The van der Waals surface area contributed by atoms with Gasteiger partial charge in [0, 0.05) is 17.0 Å². The van der Waals surface area contributed by atoms with Crippen molar-refractivity contribution in [2.75, 3.05) is 19.8 Å². The minimum Gasteiger partial charge on any atom is -0.394 e. The first-order chi connectivity index (χ1) is 8.59. The average Bonchev–Trinajstić information content (AvgIpc) is 2.89. The molecule has 3 N–H and O–H groups in total. The lowest BCUT2D eigenvalue weighted by Gasteiger charge is -2.28. The highest BCUT2D eigenvalue weighted by atomic mass is 32.1. The average molecular weight is 273 g/mol. The van der Waals surface area contributed by atoms with Gasteiger partial charge in [0.25, 0.3) is 0 Å². The molecule has 104 valence electrons. The van der Waals surface area contributed by atoms with Crippen LogP contribution < -0.4 is 5.32 Å². The zero-order valence-corrected chi connectivity index (χ0v) is 11.9. The number of β-amino-alcohol motifs (C(OH)–C–C–N with tert-alkyl or cyclic N) is 1. The van der Waals surface area contributed by atoms with Gasteiger partial charge in [0.05, 0.1) is 25.9 Å². The second-order valence-electron chi connectivity index (χ2n) is 4.70. The molecule has 1 aromatic rings. The Balaban J connectivity index is 2.15. The van der Waals surface area contributed by atoms with Crippen LogP contribution in [0.25, 0.3) is 0 Å². The van der Waals surface area contributed by atoms with Crippen molar-refractivity contribution in [2.45, 2.75) is 38.5 Å². The molecule has 0 amide bonds. The first-order valence-corrected chi connectivity index (χ1v) is 7.11. The molecule has 4 nitrogen and oxygen atoms in total. The first-order valence-electron chi connectivity index (χ1n) is 6.23. The van der Waals surface area contributed by atoms with E-state index < -0.39 is 6.10 Å². The SMILES string of the molecule is CCC(C)(CO)NCC(O)COCc1cccs1. The van der Waals surface area contributed by atoms with Crippen molar-refractivity contribution in [3.05, 3.63) is 22.4 Å². The zero-order valence-electron chi connectivity index (χ0n) is 11.1. The highest BCUT2D eigenvalue weighted by molar-refractivity contribution is 7.09. The highest BCUT2D eigenvalue weighted by Gasteiger charge is 2.21. The summed E-state index contributed by atoms with van der Waals surface area (Å²) in [5.41, 5.74) is -0.325. The third-order valence-electron chi connectivity index (χ3n) is 3.03. The van der Waals surface area contributed by atoms with Gasteiger partial charge in [0.2, 0.25) is 0 Å². The molecule has 0 fully saturated rings. The van der Waals surface area contributed by atoms with Crippen LogP contribution in [0.4, 0.5) is 0 Å². The lowest BCUT2D eigenvalue weighted by atomic mass is 10.0. The number of ether oxygens (including phenoxy) is 1. The third-order valence-corrected chi connectivity index (χ3v) is 3.88. The van der Waals surface area contributed by atoms with Gasteiger partial charge in [0.15, 0.2) is 0 Å². The van der Waals surface area contributed by atoms with Gasteiger partial charge in [-0.3, -0.25) is 0 Å². The van der Waals surface area contributed by atoms with Crippen LogP contribution in [0.2, 0.25) is 0 Å². The normalized spacial score (nSPS) is 16.4. The first kappa shape index (κ1) is 15.6. The maximum atomic E-state index is 9.77. The van der Waals surface area contributed by atoms with Crippen LogP contribution in [0.15, 0.2) is 17.5 Å². The summed E-state index contributed by atoms with van der Waals surface area (Å²) in [6.07, 6.45) is 0.258. The Morgan fingerprint density at radius 1 is 1.56 bits per heavy atom. The molecule has 0 aliphatic rings. The van der Waals surface area contributed by atoms with Crippen LogP contribution in [-0.2, 0) is 11.3 Å². The Labute approximate surface area is 113 Å². The summed E-state index contributed by atoms with van der Waals surface area (Å²) < 4.78 is 5.43. The summed E-state index contributed by atoms with van der Waals surface area (Å²) in [5.74, 6) is 0. The molecule has 1 aromatic heterocycles. The molecule has 0 bridgehead atoms. The van der Waals surface area contributed by atoms with E-state index in [4.69, 9.17) is 4.74 Å². The summed E-state index contributed by atoms with van der Waals surface area (Å²) >= 11 is 1.64. The molecule has 0 aromatic carbocycles. The smallest absolute Gasteiger partial charge is 0.0898 e. The Morgan fingerprint density at radius 3 is 2.89 bits per heavy atom. The molecule has 1 heterocycles. The van der Waals surface area contributed by atoms with Gasteiger partial charge < -0.3 is 20.3 Å². The van der Waals surface area contributed by atoms with Crippen molar-refractivity contribution in [1.82, 2.24) is 5.32 Å². The predicted octanol–water partition coefficient (Wildman–Crippen LogP) is 1.38. The van der Waals surface area contributed by atoms with Crippen molar-refractivity contribution < 1.29 is 14.9 Å². The molecule has 0 aliphatic carbocycles. The van der Waals surface area contributed by atoms with Crippen molar-refractivity contribution >= 4 is 11.3 Å². The molecule has 0 aliphatic heterocycles. The number of hydrogen-bond acceptors (Lipinski definition) is 5. The lowest BCUT2D eigenvalue weighted by molar-refractivity contribution is 0.0234. The summed E-state index contributed by atoms with van der Waals surface area (Å²) in [6, 6.07) is 3.99. The topological polar surface area (TPSA) is 61.7 Å². The van der Waals surface area contributed by atoms with E-state index in [1.165, 1.54) is 0 Å². The van der Waals surface area contributed by atoms with E-state index in [-0.39, 0.29) is 12.1 Å². The number of nitrogens with one attached hydrogen (secondary N) is 1. The van der Waals surface area contributed by atoms with Gasteiger partial charge in [-0.25, -0.2) is 0 Å². The monoisotopic (exact) mass is 273 g/mol. The van der Waals surface area contributed by atoms with Crippen molar-refractivity contribution in [3.8, 4) is 0 Å². The highest BCUT2D eigenvalue weighted by Crippen LogP contribution is 2.10. The van der Waals surface area contributed by atoms with E-state index in [2.05, 4.69) is 5.32 Å². The fourth-order valence-corrected chi connectivity index (χ4v) is 2.05. The number of thiophene rings is 1. The quantitative estimate of drug-likeness (QED) is 0.636. The summed E-state index contributed by atoms with van der Waals surface area (Å²) in [6.45, 7) is 5.27. The molecule has 18 heavy (non-hydrogen) atoms. The molecule has 2 unspecified atom stereocenters. The lowest BCUT2D eigenvalue weighted by Crippen LogP contribution is -2.48. The van der Waals surface area contributed by atoms with E-state index in [1.807, 2.05) is 31.4 Å². The van der Waals surface area contributed by atoms with Crippen molar-refractivity contribution in [1.29, 1.82) is 0 Å². The summed E-state index contributed by atoms with van der Waals surface area (Å²) in [4.78, 5) is 1.16. The van der Waals surface area contributed by atoms with E-state index in [0.717, 1.165) is 11.3 Å². The second-order valence-corrected chi connectivity index (χ2v) is 5.73. The van der Waals surface area contributed by atoms with Crippen LogP contribution in [0.1, 0.15) is 25.1 Å². The molecule has 0 saturated heterocycles. The summed E-state index contributed by atoms with van der Waals surface area (Å²) in [7, 11) is 0. The number of hydrogen-bond donors (Lipinski definition) is 3. The number of aliphatic hydroxyl groups excluding tert-OH is 2. The Hall–Kier alpha value is -0.460. The minimum atomic E-state index is -0.553. The maximum Gasteiger partial charge on any atom is 0.0898 e. The Bertz CT molecular complexity index is 312. The number of rotatable bonds is 9. The minimum absolute atomic E-state index is 0.0618. The number of aliphatic hydroxyl groups is 2. The van der Waals surface area contributed by atoms with Gasteiger partial charge in [-0.15, -0.1) is 11.3 Å². The van der Waals surface area contributed by atoms with Crippen LogP contribution in [0.5, 0.6) is 0 Å². The largest absolute Gasteiger partial charge is 0.394 e. The van der Waals surface area contributed by atoms with Gasteiger partial charge in [-0.1, -0.05) is 13.0 Å². The zero-order chi connectivity index (χ0) is 13.4. The molecule has 0 radical (unpaired) electrons. The van der Waals surface area contributed by atoms with Crippen LogP contribution >= 0.6 is 11.3 Å². The van der Waals surface area contributed by atoms with E-state index in [0.29, 0.717) is 19.8 Å². The van der Waals surface area contributed by atoms with Crippen LogP contribution in [-0.4, -0.2) is 41.6 Å². The van der Waals surface area contributed by atoms with Gasteiger partial charge in [-0.05, 0) is 24.8 Å².